The molecule has 0 amide bonds. The maximum atomic E-state index is 3.76. The topological polar surface area (TPSA) is 0 Å². The van der Waals surface area contributed by atoms with E-state index in [2.05, 4.69) is 26.5 Å². The molecule has 0 heterocycles. The first-order valence-corrected chi connectivity index (χ1v) is 4.68. The summed E-state index contributed by atoms with van der Waals surface area (Å²) in [5.74, 6) is 0. The van der Waals surface area contributed by atoms with Crippen LogP contribution in [0.1, 0.15) is 39.5 Å². The molecule has 0 radical (unpaired) electrons. The van der Waals surface area contributed by atoms with Crippen molar-refractivity contribution in [3.05, 3.63) is 35.5 Å². The van der Waals surface area contributed by atoms with Crippen LogP contribution in [-0.4, -0.2) is 0 Å². The van der Waals surface area contributed by atoms with E-state index >= 15 is 0 Å². The molecule has 0 aromatic heterocycles. The lowest BCUT2D eigenvalue weighted by atomic mass is 9.91. The summed E-state index contributed by atoms with van der Waals surface area (Å²) in [5, 5.41) is 0. The molecule has 1 aliphatic rings. The third kappa shape index (κ3) is 2.37. The van der Waals surface area contributed by atoms with Crippen molar-refractivity contribution in [2.24, 2.45) is 0 Å². The Balaban J connectivity index is 2.59. The van der Waals surface area contributed by atoms with Crippen molar-refractivity contribution >= 4 is 0 Å². The predicted octanol–water partition coefficient (Wildman–Crippen LogP) is 4.01. The SMILES string of the molecule is C=CCC1=CCC(=C(C)C)CC1. The average Bonchev–Trinajstić information content (AvgIpc) is 2.06. The van der Waals surface area contributed by atoms with Gasteiger partial charge in [0.1, 0.15) is 0 Å². The highest BCUT2D eigenvalue weighted by Crippen LogP contribution is 2.26. The van der Waals surface area contributed by atoms with Gasteiger partial charge in [0.05, 0.1) is 0 Å². The summed E-state index contributed by atoms with van der Waals surface area (Å²) in [6.45, 7) is 8.18. The molecule has 0 fully saturated rings. The maximum Gasteiger partial charge on any atom is -0.0133 e. The fourth-order valence-corrected chi connectivity index (χ4v) is 1.61. The van der Waals surface area contributed by atoms with Gasteiger partial charge in [0.15, 0.2) is 0 Å². The van der Waals surface area contributed by atoms with Gasteiger partial charge in [-0.05, 0) is 39.5 Å². The van der Waals surface area contributed by atoms with Crippen LogP contribution in [-0.2, 0) is 0 Å². The van der Waals surface area contributed by atoms with Crippen molar-refractivity contribution in [3.8, 4) is 0 Å². The van der Waals surface area contributed by atoms with Crippen LogP contribution >= 0.6 is 0 Å². The molecule has 66 valence electrons. The second kappa shape index (κ2) is 4.30. The van der Waals surface area contributed by atoms with Gasteiger partial charge in [-0.25, -0.2) is 0 Å². The van der Waals surface area contributed by atoms with Gasteiger partial charge in [0.2, 0.25) is 0 Å². The Hall–Kier alpha value is -0.780. The zero-order chi connectivity index (χ0) is 8.97. The fourth-order valence-electron chi connectivity index (χ4n) is 1.61. The molecular weight excluding hydrogens is 144 g/mol. The first-order chi connectivity index (χ1) is 5.74. The largest absolute Gasteiger partial charge is 0.103 e. The molecule has 0 bridgehead atoms. The van der Waals surface area contributed by atoms with Crippen molar-refractivity contribution in [2.45, 2.75) is 39.5 Å². The van der Waals surface area contributed by atoms with Crippen LogP contribution in [0.3, 0.4) is 0 Å². The molecule has 0 N–H and O–H groups in total. The van der Waals surface area contributed by atoms with Crippen molar-refractivity contribution in [3.63, 3.8) is 0 Å². The van der Waals surface area contributed by atoms with E-state index in [1.165, 1.54) is 24.8 Å². The van der Waals surface area contributed by atoms with Crippen LogP contribution in [0.15, 0.2) is 35.5 Å². The van der Waals surface area contributed by atoms with Crippen LogP contribution in [0, 0.1) is 0 Å². The highest BCUT2D eigenvalue weighted by Gasteiger charge is 2.06. The van der Waals surface area contributed by atoms with E-state index < -0.39 is 0 Å². The molecule has 0 aromatic carbocycles. The normalized spacial score (nSPS) is 17.2. The summed E-state index contributed by atoms with van der Waals surface area (Å²) in [6.07, 6.45) is 9.13. The minimum Gasteiger partial charge on any atom is -0.103 e. The zero-order valence-corrected chi connectivity index (χ0v) is 8.19. The Morgan fingerprint density at radius 1 is 1.50 bits per heavy atom. The molecule has 0 spiro atoms. The summed E-state index contributed by atoms with van der Waals surface area (Å²) in [4.78, 5) is 0. The zero-order valence-electron chi connectivity index (χ0n) is 8.19. The molecule has 12 heavy (non-hydrogen) atoms. The van der Waals surface area contributed by atoms with E-state index in [-0.39, 0.29) is 0 Å². The van der Waals surface area contributed by atoms with Gasteiger partial charge in [-0.1, -0.05) is 28.9 Å². The number of rotatable bonds is 2. The molecule has 0 nitrogen and oxygen atoms in total. The Labute approximate surface area is 75.7 Å². The fraction of sp³-hybridized carbons (Fsp3) is 0.500. The molecule has 0 aromatic rings. The minimum absolute atomic E-state index is 1.08. The average molecular weight is 162 g/mol. The Kier molecular flexibility index (Phi) is 3.33. The van der Waals surface area contributed by atoms with Crippen molar-refractivity contribution in [2.75, 3.05) is 0 Å². The van der Waals surface area contributed by atoms with Gasteiger partial charge < -0.3 is 0 Å². The van der Waals surface area contributed by atoms with Crippen LogP contribution in [0.2, 0.25) is 0 Å². The molecule has 0 heteroatoms. The summed E-state index contributed by atoms with van der Waals surface area (Å²) in [7, 11) is 0. The monoisotopic (exact) mass is 162 g/mol. The molecule has 0 unspecified atom stereocenters. The molecule has 0 aliphatic heterocycles. The van der Waals surface area contributed by atoms with E-state index in [9.17, 15) is 0 Å². The maximum absolute atomic E-state index is 3.76. The third-order valence-electron chi connectivity index (χ3n) is 2.50. The van der Waals surface area contributed by atoms with E-state index in [0.29, 0.717) is 0 Å². The van der Waals surface area contributed by atoms with E-state index in [1.807, 2.05) is 6.08 Å². The van der Waals surface area contributed by atoms with E-state index in [1.54, 1.807) is 11.1 Å². The summed E-state index contributed by atoms with van der Waals surface area (Å²) < 4.78 is 0. The van der Waals surface area contributed by atoms with Gasteiger partial charge in [0, 0.05) is 0 Å². The number of hydrogen-bond donors (Lipinski definition) is 0. The van der Waals surface area contributed by atoms with Crippen LogP contribution in [0.4, 0.5) is 0 Å². The molecule has 1 aliphatic carbocycles. The molecule has 0 saturated carbocycles. The Morgan fingerprint density at radius 3 is 2.67 bits per heavy atom. The first-order valence-electron chi connectivity index (χ1n) is 4.68. The summed E-state index contributed by atoms with van der Waals surface area (Å²) in [6, 6.07) is 0. The molecule has 0 atom stereocenters. The number of allylic oxidation sites excluding steroid dienone is 5. The lowest BCUT2D eigenvalue weighted by Gasteiger charge is -2.15. The minimum atomic E-state index is 1.08. The third-order valence-corrected chi connectivity index (χ3v) is 2.50. The van der Waals surface area contributed by atoms with Gasteiger partial charge in [-0.15, -0.1) is 6.58 Å². The first kappa shape index (κ1) is 9.31. The Bertz CT molecular complexity index is 224. The van der Waals surface area contributed by atoms with Gasteiger partial charge >= 0.3 is 0 Å². The standard InChI is InChI=1S/C12H18/c1-4-5-11-6-8-12(9-7-11)10(2)3/h4,6H,1,5,7-9H2,2-3H3. The highest BCUT2D eigenvalue weighted by molar-refractivity contribution is 5.23. The lowest BCUT2D eigenvalue weighted by Crippen LogP contribution is -1.96. The van der Waals surface area contributed by atoms with Crippen molar-refractivity contribution < 1.29 is 0 Å². The molecular formula is C12H18. The second-order valence-electron chi connectivity index (χ2n) is 3.66. The van der Waals surface area contributed by atoms with Gasteiger partial charge in [0.25, 0.3) is 0 Å². The molecule has 0 saturated heterocycles. The van der Waals surface area contributed by atoms with Crippen LogP contribution < -0.4 is 0 Å². The van der Waals surface area contributed by atoms with Crippen LogP contribution in [0.5, 0.6) is 0 Å². The second-order valence-corrected chi connectivity index (χ2v) is 3.66. The highest BCUT2D eigenvalue weighted by atomic mass is 14.1. The summed E-state index contributed by atoms with van der Waals surface area (Å²) >= 11 is 0. The van der Waals surface area contributed by atoms with E-state index in [4.69, 9.17) is 0 Å². The molecule has 1 rings (SSSR count). The van der Waals surface area contributed by atoms with Crippen molar-refractivity contribution in [1.82, 2.24) is 0 Å². The van der Waals surface area contributed by atoms with E-state index in [0.717, 1.165) is 6.42 Å². The Morgan fingerprint density at radius 2 is 2.25 bits per heavy atom. The van der Waals surface area contributed by atoms with Crippen LogP contribution in [0.25, 0.3) is 0 Å². The van der Waals surface area contributed by atoms with Crippen molar-refractivity contribution in [1.29, 1.82) is 0 Å². The van der Waals surface area contributed by atoms with Gasteiger partial charge in [-0.2, -0.15) is 0 Å². The predicted molar refractivity (Wildman–Crippen MR) is 55.1 cm³/mol. The number of hydrogen-bond acceptors (Lipinski definition) is 0. The quantitative estimate of drug-likeness (QED) is 0.538. The smallest absolute Gasteiger partial charge is 0.0133 e. The summed E-state index contributed by atoms with van der Waals surface area (Å²) in [5.41, 5.74) is 4.70. The van der Waals surface area contributed by atoms with Gasteiger partial charge in [-0.3, -0.25) is 0 Å². The lowest BCUT2D eigenvalue weighted by molar-refractivity contribution is 0.815.